The van der Waals surface area contributed by atoms with Gasteiger partial charge in [0.1, 0.15) is 6.26 Å². The lowest BCUT2D eigenvalue weighted by molar-refractivity contribution is 0.0794. The molecule has 128 valence electrons. The molecule has 1 saturated heterocycles. The molecule has 2 aliphatic rings. The number of nitrogens with one attached hydrogen (secondary N) is 1. The fourth-order valence-corrected chi connectivity index (χ4v) is 4.62. The van der Waals surface area contributed by atoms with Gasteiger partial charge in [0.05, 0.1) is 0 Å². The molecule has 0 radical (unpaired) electrons. The number of oxazole rings is 1. The van der Waals surface area contributed by atoms with Crippen molar-refractivity contribution in [2.75, 3.05) is 19.0 Å². The van der Waals surface area contributed by atoms with Crippen LogP contribution < -0.4 is 5.32 Å². The van der Waals surface area contributed by atoms with Gasteiger partial charge in [-0.3, -0.25) is 4.79 Å². The van der Waals surface area contributed by atoms with Crippen molar-refractivity contribution in [1.82, 2.24) is 10.3 Å². The number of amides is 1. The molecule has 0 bridgehead atoms. The van der Waals surface area contributed by atoms with Crippen molar-refractivity contribution in [3.05, 3.63) is 17.8 Å². The van der Waals surface area contributed by atoms with Gasteiger partial charge in [-0.2, -0.15) is 11.8 Å². The topological polar surface area (TPSA) is 64.4 Å². The summed E-state index contributed by atoms with van der Waals surface area (Å²) in [5.74, 6) is 2.01. The molecule has 2 fully saturated rings. The molecule has 1 aliphatic carbocycles. The average Bonchev–Trinajstić information content (AvgIpc) is 3.06. The molecule has 1 aliphatic heterocycles. The van der Waals surface area contributed by atoms with Crippen molar-refractivity contribution >= 4 is 17.7 Å². The molecule has 2 atom stereocenters. The Labute approximate surface area is 141 Å². The normalized spacial score (nSPS) is 26.1. The van der Waals surface area contributed by atoms with Gasteiger partial charge in [-0.05, 0) is 37.9 Å². The van der Waals surface area contributed by atoms with Crippen molar-refractivity contribution < 1.29 is 13.9 Å². The summed E-state index contributed by atoms with van der Waals surface area (Å²) in [6.45, 7) is 3.68. The number of carbonyl (C=O) groups excluding carboxylic acids is 1. The number of thioether (sulfide) groups is 1. The molecule has 0 unspecified atom stereocenters. The first-order valence-electron chi connectivity index (χ1n) is 8.72. The van der Waals surface area contributed by atoms with Crippen LogP contribution in [0.25, 0.3) is 0 Å². The predicted molar refractivity (Wildman–Crippen MR) is 90.9 cm³/mol. The molecule has 1 aromatic heterocycles. The predicted octanol–water partition coefficient (Wildman–Crippen LogP) is 3.36. The summed E-state index contributed by atoms with van der Waals surface area (Å²) < 4.78 is 10.9. The van der Waals surface area contributed by atoms with Gasteiger partial charge in [0.15, 0.2) is 11.6 Å². The van der Waals surface area contributed by atoms with E-state index in [1.165, 1.54) is 19.1 Å². The summed E-state index contributed by atoms with van der Waals surface area (Å²) in [5, 5.41) is 3.82. The van der Waals surface area contributed by atoms with Crippen molar-refractivity contribution in [3.63, 3.8) is 0 Å². The summed E-state index contributed by atoms with van der Waals surface area (Å²) in [7, 11) is 0. The highest BCUT2D eigenvalue weighted by molar-refractivity contribution is 7.99. The van der Waals surface area contributed by atoms with Crippen LogP contribution in [-0.4, -0.2) is 41.1 Å². The molecular weight excluding hydrogens is 312 g/mol. The van der Waals surface area contributed by atoms with Gasteiger partial charge in [-0.15, -0.1) is 0 Å². The summed E-state index contributed by atoms with van der Waals surface area (Å²) in [4.78, 5) is 16.8. The van der Waals surface area contributed by atoms with Gasteiger partial charge >= 0.3 is 0 Å². The van der Waals surface area contributed by atoms with E-state index >= 15 is 0 Å². The third kappa shape index (κ3) is 4.51. The maximum atomic E-state index is 12.4. The van der Waals surface area contributed by atoms with Gasteiger partial charge in [0, 0.05) is 30.4 Å². The summed E-state index contributed by atoms with van der Waals surface area (Å²) in [6.07, 6.45) is 7.92. The van der Waals surface area contributed by atoms with E-state index in [1.807, 2.05) is 11.8 Å². The van der Waals surface area contributed by atoms with Gasteiger partial charge in [0.25, 0.3) is 5.91 Å². The van der Waals surface area contributed by atoms with E-state index in [9.17, 15) is 4.79 Å². The average molecular weight is 338 g/mol. The number of ether oxygens (including phenoxy) is 1. The Morgan fingerprint density at radius 1 is 1.35 bits per heavy atom. The van der Waals surface area contributed by atoms with Crippen molar-refractivity contribution in [2.45, 2.75) is 62.7 Å². The molecule has 6 heteroatoms. The second-order valence-corrected chi connectivity index (χ2v) is 7.95. The summed E-state index contributed by atoms with van der Waals surface area (Å²) in [5.41, 5.74) is 0.414. The largest absolute Gasteiger partial charge is 0.448 e. The molecule has 1 amide bonds. The van der Waals surface area contributed by atoms with Crippen LogP contribution in [0.3, 0.4) is 0 Å². The Morgan fingerprint density at radius 2 is 2.17 bits per heavy atom. The minimum Gasteiger partial charge on any atom is -0.448 e. The zero-order valence-electron chi connectivity index (χ0n) is 13.8. The maximum Gasteiger partial charge on any atom is 0.273 e. The highest BCUT2D eigenvalue weighted by Gasteiger charge is 2.26. The SMILES string of the molecule is CCS[C@H]1CCC[C@H](NC(=O)c2coc(C3CCOCC3)n2)C1. The van der Waals surface area contributed by atoms with Crippen LogP contribution in [0.15, 0.2) is 10.7 Å². The number of rotatable bonds is 5. The molecule has 1 saturated carbocycles. The summed E-state index contributed by atoms with van der Waals surface area (Å²) in [6, 6.07) is 0.267. The number of nitrogens with zero attached hydrogens (tertiary/aromatic N) is 1. The Balaban J connectivity index is 1.54. The lowest BCUT2D eigenvalue weighted by Crippen LogP contribution is -2.39. The van der Waals surface area contributed by atoms with Crippen LogP contribution in [0.2, 0.25) is 0 Å². The first-order chi connectivity index (χ1) is 11.3. The Hall–Kier alpha value is -1.01. The third-order valence-electron chi connectivity index (χ3n) is 4.69. The minimum atomic E-state index is -0.0980. The second-order valence-electron chi connectivity index (χ2n) is 6.37. The first-order valence-corrected chi connectivity index (χ1v) is 9.76. The van der Waals surface area contributed by atoms with E-state index in [1.54, 1.807) is 0 Å². The lowest BCUT2D eigenvalue weighted by Gasteiger charge is -2.28. The van der Waals surface area contributed by atoms with Crippen LogP contribution >= 0.6 is 11.8 Å². The Kier molecular flexibility index (Phi) is 6.00. The maximum absolute atomic E-state index is 12.4. The van der Waals surface area contributed by atoms with E-state index in [0.29, 0.717) is 16.8 Å². The second kappa shape index (κ2) is 8.20. The van der Waals surface area contributed by atoms with Crippen LogP contribution in [0, 0.1) is 0 Å². The van der Waals surface area contributed by atoms with E-state index < -0.39 is 0 Å². The van der Waals surface area contributed by atoms with E-state index in [-0.39, 0.29) is 17.9 Å². The first kappa shape index (κ1) is 16.8. The van der Waals surface area contributed by atoms with Gasteiger partial charge in [-0.1, -0.05) is 13.3 Å². The van der Waals surface area contributed by atoms with E-state index in [4.69, 9.17) is 9.15 Å². The molecule has 3 rings (SSSR count). The quantitative estimate of drug-likeness (QED) is 0.892. The molecular formula is C17H26N2O3S. The zero-order valence-corrected chi connectivity index (χ0v) is 14.6. The van der Waals surface area contributed by atoms with Crippen LogP contribution in [0.5, 0.6) is 0 Å². The molecule has 5 nitrogen and oxygen atoms in total. The molecule has 1 N–H and O–H groups in total. The highest BCUT2D eigenvalue weighted by Crippen LogP contribution is 2.29. The fraction of sp³-hybridized carbons (Fsp3) is 0.765. The summed E-state index contributed by atoms with van der Waals surface area (Å²) >= 11 is 2.00. The smallest absolute Gasteiger partial charge is 0.273 e. The van der Waals surface area contributed by atoms with Crippen LogP contribution in [0.1, 0.15) is 67.7 Å². The van der Waals surface area contributed by atoms with Crippen molar-refractivity contribution in [3.8, 4) is 0 Å². The Bertz CT molecular complexity index is 512. The van der Waals surface area contributed by atoms with Gasteiger partial charge in [-0.25, -0.2) is 4.98 Å². The minimum absolute atomic E-state index is 0.0980. The third-order valence-corrected chi connectivity index (χ3v) is 5.92. The lowest BCUT2D eigenvalue weighted by atomic mass is 9.95. The van der Waals surface area contributed by atoms with Crippen LogP contribution in [0.4, 0.5) is 0 Å². The van der Waals surface area contributed by atoms with E-state index in [0.717, 1.165) is 44.6 Å². The monoisotopic (exact) mass is 338 g/mol. The highest BCUT2D eigenvalue weighted by atomic mass is 32.2. The molecule has 0 spiro atoms. The van der Waals surface area contributed by atoms with Gasteiger partial charge < -0.3 is 14.5 Å². The van der Waals surface area contributed by atoms with Crippen LogP contribution in [-0.2, 0) is 4.74 Å². The van der Waals surface area contributed by atoms with Gasteiger partial charge in [0.2, 0.25) is 0 Å². The molecule has 0 aromatic carbocycles. The Morgan fingerprint density at radius 3 is 2.96 bits per heavy atom. The number of hydrogen-bond acceptors (Lipinski definition) is 5. The van der Waals surface area contributed by atoms with Crippen molar-refractivity contribution in [2.24, 2.45) is 0 Å². The molecule has 1 aromatic rings. The zero-order chi connectivity index (χ0) is 16.1. The number of aromatic nitrogens is 1. The molecule has 23 heavy (non-hydrogen) atoms. The van der Waals surface area contributed by atoms with Crippen molar-refractivity contribution in [1.29, 1.82) is 0 Å². The number of carbonyl (C=O) groups is 1. The number of hydrogen-bond donors (Lipinski definition) is 1. The van der Waals surface area contributed by atoms with E-state index in [2.05, 4.69) is 17.2 Å². The standard InChI is InChI=1S/C17H26N2O3S/c1-2-23-14-5-3-4-13(10-14)18-16(20)15-11-22-17(19-15)12-6-8-21-9-7-12/h11-14H,2-10H2,1H3,(H,18,20)/t13-,14-/m0/s1. The fourth-order valence-electron chi connectivity index (χ4n) is 3.45. The molecule has 2 heterocycles.